The summed E-state index contributed by atoms with van der Waals surface area (Å²) >= 11 is 0. The summed E-state index contributed by atoms with van der Waals surface area (Å²) in [5.74, 6) is 1.74. The molecule has 1 amide bonds. The van der Waals surface area contributed by atoms with Crippen molar-refractivity contribution in [3.63, 3.8) is 0 Å². The molecule has 0 saturated carbocycles. The van der Waals surface area contributed by atoms with Crippen molar-refractivity contribution in [2.24, 2.45) is 5.92 Å². The lowest BCUT2D eigenvalue weighted by Gasteiger charge is -2.31. The second-order valence-electron chi connectivity index (χ2n) is 7.00. The number of aromatic nitrogens is 1. The number of carbonyl (C=O) groups excluding carboxylic acids is 1. The van der Waals surface area contributed by atoms with E-state index in [9.17, 15) is 4.79 Å². The van der Waals surface area contributed by atoms with Gasteiger partial charge in [-0.3, -0.25) is 9.78 Å². The van der Waals surface area contributed by atoms with E-state index in [2.05, 4.69) is 29.2 Å². The molecule has 0 N–H and O–H groups in total. The van der Waals surface area contributed by atoms with Crippen molar-refractivity contribution in [1.82, 2.24) is 9.88 Å². The monoisotopic (exact) mass is 364 g/mol. The SMILES string of the molecule is CCOc1ccc(CCC2CCN(C(=O)/C=C/c3ccncc3)CC2)cc1. The van der Waals surface area contributed by atoms with Gasteiger partial charge >= 0.3 is 0 Å². The van der Waals surface area contributed by atoms with E-state index in [1.54, 1.807) is 18.5 Å². The summed E-state index contributed by atoms with van der Waals surface area (Å²) in [5, 5.41) is 0. The van der Waals surface area contributed by atoms with Crippen LogP contribution in [-0.2, 0) is 11.2 Å². The fraction of sp³-hybridized carbons (Fsp3) is 0.391. The number of ether oxygens (including phenoxy) is 1. The number of likely N-dealkylation sites (tertiary alicyclic amines) is 1. The van der Waals surface area contributed by atoms with Gasteiger partial charge in [0.1, 0.15) is 5.75 Å². The fourth-order valence-corrected chi connectivity index (χ4v) is 3.48. The summed E-state index contributed by atoms with van der Waals surface area (Å²) in [5.41, 5.74) is 2.36. The minimum Gasteiger partial charge on any atom is -0.494 e. The lowest BCUT2D eigenvalue weighted by atomic mass is 9.90. The van der Waals surface area contributed by atoms with Gasteiger partial charge in [0.15, 0.2) is 0 Å². The molecule has 0 atom stereocenters. The Morgan fingerprint density at radius 2 is 1.85 bits per heavy atom. The number of aryl methyl sites for hydroxylation is 1. The van der Waals surface area contributed by atoms with E-state index in [0.29, 0.717) is 12.5 Å². The van der Waals surface area contributed by atoms with Crippen LogP contribution < -0.4 is 4.74 Å². The van der Waals surface area contributed by atoms with Crippen molar-refractivity contribution in [3.8, 4) is 5.75 Å². The molecule has 2 aromatic rings. The van der Waals surface area contributed by atoms with Gasteiger partial charge in [0.05, 0.1) is 6.61 Å². The molecule has 4 heteroatoms. The number of pyridine rings is 1. The molecule has 1 aromatic heterocycles. The molecule has 1 saturated heterocycles. The molecule has 27 heavy (non-hydrogen) atoms. The van der Waals surface area contributed by atoms with Crippen LogP contribution in [0.1, 0.15) is 37.3 Å². The lowest BCUT2D eigenvalue weighted by molar-refractivity contribution is -0.127. The predicted octanol–water partition coefficient (Wildman–Crippen LogP) is 4.36. The quantitative estimate of drug-likeness (QED) is 0.685. The molecule has 0 aliphatic carbocycles. The third kappa shape index (κ3) is 5.95. The van der Waals surface area contributed by atoms with Crippen molar-refractivity contribution in [3.05, 3.63) is 66.0 Å². The molecule has 0 spiro atoms. The Bertz CT molecular complexity index is 733. The van der Waals surface area contributed by atoms with Crippen molar-refractivity contribution in [2.75, 3.05) is 19.7 Å². The van der Waals surface area contributed by atoms with Gasteiger partial charge in [-0.2, -0.15) is 0 Å². The van der Waals surface area contributed by atoms with E-state index in [1.807, 2.05) is 30.0 Å². The van der Waals surface area contributed by atoms with Crippen molar-refractivity contribution in [2.45, 2.75) is 32.6 Å². The highest BCUT2D eigenvalue weighted by atomic mass is 16.5. The van der Waals surface area contributed by atoms with Crippen molar-refractivity contribution < 1.29 is 9.53 Å². The number of piperidine rings is 1. The second kappa shape index (κ2) is 9.91. The third-order valence-corrected chi connectivity index (χ3v) is 5.13. The van der Waals surface area contributed by atoms with Crippen LogP contribution in [0.4, 0.5) is 0 Å². The summed E-state index contributed by atoms with van der Waals surface area (Å²) in [6.45, 7) is 4.41. The van der Waals surface area contributed by atoms with E-state index >= 15 is 0 Å². The molecule has 1 fully saturated rings. The number of hydrogen-bond donors (Lipinski definition) is 0. The average molecular weight is 364 g/mol. The van der Waals surface area contributed by atoms with Gasteiger partial charge in [0, 0.05) is 31.6 Å². The smallest absolute Gasteiger partial charge is 0.246 e. The molecule has 142 valence electrons. The Kier molecular flexibility index (Phi) is 7.03. The standard InChI is InChI=1S/C23H28N2O2/c1-2-27-22-8-5-19(6-9-22)3-4-21-13-17-25(18-14-21)23(26)10-7-20-11-15-24-16-12-20/h5-12,15-16,21H,2-4,13-14,17-18H2,1H3/b10-7+. The fourth-order valence-electron chi connectivity index (χ4n) is 3.48. The predicted molar refractivity (Wildman–Crippen MR) is 109 cm³/mol. The van der Waals surface area contributed by atoms with E-state index in [1.165, 1.54) is 12.0 Å². The van der Waals surface area contributed by atoms with E-state index in [-0.39, 0.29) is 5.91 Å². The number of benzene rings is 1. The first-order valence-electron chi connectivity index (χ1n) is 9.83. The first-order valence-corrected chi connectivity index (χ1v) is 9.83. The number of rotatable bonds is 7. The topological polar surface area (TPSA) is 42.4 Å². The maximum absolute atomic E-state index is 12.4. The van der Waals surface area contributed by atoms with Gasteiger partial charge < -0.3 is 9.64 Å². The molecule has 1 aliphatic rings. The molecule has 0 bridgehead atoms. The zero-order valence-corrected chi connectivity index (χ0v) is 16.0. The minimum atomic E-state index is 0.108. The van der Waals surface area contributed by atoms with Crippen LogP contribution in [0, 0.1) is 5.92 Å². The zero-order chi connectivity index (χ0) is 18.9. The molecule has 0 unspecified atom stereocenters. The molecule has 2 heterocycles. The Morgan fingerprint density at radius 1 is 1.15 bits per heavy atom. The molecular formula is C23H28N2O2. The van der Waals surface area contributed by atoms with Crippen LogP contribution in [0.15, 0.2) is 54.9 Å². The van der Waals surface area contributed by atoms with Crippen LogP contribution in [-0.4, -0.2) is 35.5 Å². The summed E-state index contributed by atoms with van der Waals surface area (Å²) in [4.78, 5) is 18.3. The van der Waals surface area contributed by atoms with Gasteiger partial charge in [-0.05, 0) is 80.0 Å². The number of hydrogen-bond acceptors (Lipinski definition) is 3. The van der Waals surface area contributed by atoms with E-state index in [0.717, 1.165) is 43.7 Å². The van der Waals surface area contributed by atoms with Gasteiger partial charge in [0.2, 0.25) is 5.91 Å². The van der Waals surface area contributed by atoms with E-state index < -0.39 is 0 Å². The number of nitrogens with zero attached hydrogens (tertiary/aromatic N) is 2. The van der Waals surface area contributed by atoms with Crippen LogP contribution >= 0.6 is 0 Å². The lowest BCUT2D eigenvalue weighted by Crippen LogP contribution is -2.37. The van der Waals surface area contributed by atoms with Gasteiger partial charge in [-0.1, -0.05) is 12.1 Å². The molecule has 1 aliphatic heterocycles. The molecular weight excluding hydrogens is 336 g/mol. The second-order valence-corrected chi connectivity index (χ2v) is 7.00. The van der Waals surface area contributed by atoms with Crippen LogP contribution in [0.2, 0.25) is 0 Å². The number of amides is 1. The Labute approximate surface area is 161 Å². The van der Waals surface area contributed by atoms with Crippen LogP contribution in [0.25, 0.3) is 6.08 Å². The highest BCUT2D eigenvalue weighted by Crippen LogP contribution is 2.23. The van der Waals surface area contributed by atoms with Gasteiger partial charge in [0.25, 0.3) is 0 Å². The van der Waals surface area contributed by atoms with Crippen molar-refractivity contribution >= 4 is 12.0 Å². The number of carbonyl (C=O) groups is 1. The normalized spacial score (nSPS) is 15.2. The van der Waals surface area contributed by atoms with Gasteiger partial charge in [-0.15, -0.1) is 0 Å². The summed E-state index contributed by atoms with van der Waals surface area (Å²) in [7, 11) is 0. The Balaban J connectivity index is 1.40. The molecule has 3 rings (SSSR count). The van der Waals surface area contributed by atoms with Crippen LogP contribution in [0.5, 0.6) is 5.75 Å². The molecule has 1 aromatic carbocycles. The first-order chi connectivity index (χ1) is 13.2. The van der Waals surface area contributed by atoms with E-state index in [4.69, 9.17) is 4.74 Å². The maximum Gasteiger partial charge on any atom is 0.246 e. The highest BCUT2D eigenvalue weighted by Gasteiger charge is 2.21. The summed E-state index contributed by atoms with van der Waals surface area (Å²) < 4.78 is 5.49. The zero-order valence-electron chi connectivity index (χ0n) is 16.0. The Morgan fingerprint density at radius 3 is 2.52 bits per heavy atom. The molecule has 0 radical (unpaired) electrons. The molecule has 4 nitrogen and oxygen atoms in total. The minimum absolute atomic E-state index is 0.108. The largest absolute Gasteiger partial charge is 0.494 e. The van der Waals surface area contributed by atoms with Crippen LogP contribution in [0.3, 0.4) is 0 Å². The van der Waals surface area contributed by atoms with Gasteiger partial charge in [-0.25, -0.2) is 0 Å². The first kappa shape index (κ1) is 19.2. The summed E-state index contributed by atoms with van der Waals surface area (Å²) in [6, 6.07) is 12.2. The third-order valence-electron chi connectivity index (χ3n) is 5.13. The summed E-state index contributed by atoms with van der Waals surface area (Å²) in [6.07, 6.45) is 11.5. The highest BCUT2D eigenvalue weighted by molar-refractivity contribution is 5.91. The Hall–Kier alpha value is -2.62. The maximum atomic E-state index is 12.4. The average Bonchev–Trinajstić information content (AvgIpc) is 2.73. The van der Waals surface area contributed by atoms with Crippen molar-refractivity contribution in [1.29, 1.82) is 0 Å².